The van der Waals surface area contributed by atoms with Gasteiger partial charge in [0, 0.05) is 12.5 Å². The second-order valence-electron chi connectivity index (χ2n) is 5.21. The van der Waals surface area contributed by atoms with Crippen molar-refractivity contribution in [2.24, 2.45) is 0 Å². The standard InChI is InChI=1S/C16H29O/c1-2-3-11-14-17-15-16-12-9-7-5-4-6-8-10-13-16/h2H,1,3-15H2. The SMILES string of the molecule is C=CCCCOC[C]1CCCCCCCCC1. The van der Waals surface area contributed by atoms with Gasteiger partial charge in [-0.15, -0.1) is 6.58 Å². The Labute approximate surface area is 108 Å². The van der Waals surface area contributed by atoms with Crippen molar-refractivity contribution in [2.75, 3.05) is 13.2 Å². The summed E-state index contributed by atoms with van der Waals surface area (Å²) in [4.78, 5) is 0. The Morgan fingerprint density at radius 1 is 0.941 bits per heavy atom. The zero-order valence-corrected chi connectivity index (χ0v) is 11.4. The highest BCUT2D eigenvalue weighted by Crippen LogP contribution is 2.23. The number of rotatable bonds is 6. The van der Waals surface area contributed by atoms with Gasteiger partial charge in [-0.25, -0.2) is 0 Å². The number of hydrogen-bond donors (Lipinski definition) is 0. The van der Waals surface area contributed by atoms with Gasteiger partial charge in [0.1, 0.15) is 0 Å². The molecule has 0 saturated heterocycles. The van der Waals surface area contributed by atoms with Crippen LogP contribution in [0.3, 0.4) is 0 Å². The minimum atomic E-state index is 0.898. The van der Waals surface area contributed by atoms with Crippen LogP contribution in [0.25, 0.3) is 0 Å². The van der Waals surface area contributed by atoms with Gasteiger partial charge in [0.25, 0.3) is 0 Å². The van der Waals surface area contributed by atoms with Crippen LogP contribution in [0.4, 0.5) is 0 Å². The Balaban J connectivity index is 2.07. The lowest BCUT2D eigenvalue weighted by Gasteiger charge is -2.17. The van der Waals surface area contributed by atoms with Gasteiger partial charge in [0.15, 0.2) is 0 Å². The third kappa shape index (κ3) is 8.43. The number of ether oxygens (including phenoxy) is 1. The molecule has 0 N–H and O–H groups in total. The third-order valence-electron chi connectivity index (χ3n) is 3.56. The lowest BCUT2D eigenvalue weighted by molar-refractivity contribution is 0.135. The fourth-order valence-electron chi connectivity index (χ4n) is 2.45. The van der Waals surface area contributed by atoms with Crippen LogP contribution in [0.5, 0.6) is 0 Å². The predicted octanol–water partition coefficient (Wildman–Crippen LogP) is 5.07. The summed E-state index contributed by atoms with van der Waals surface area (Å²) in [6.45, 7) is 5.54. The average Bonchev–Trinajstić information content (AvgIpc) is 2.36. The summed E-state index contributed by atoms with van der Waals surface area (Å²) in [5.41, 5.74) is 0. The highest BCUT2D eigenvalue weighted by atomic mass is 16.5. The van der Waals surface area contributed by atoms with E-state index in [4.69, 9.17) is 4.74 Å². The van der Waals surface area contributed by atoms with Crippen LogP contribution in [0, 0.1) is 5.92 Å². The molecule has 0 amide bonds. The molecule has 0 aromatic heterocycles. The molecule has 0 unspecified atom stereocenters. The first-order valence-corrected chi connectivity index (χ1v) is 7.45. The monoisotopic (exact) mass is 237 g/mol. The predicted molar refractivity (Wildman–Crippen MR) is 75.0 cm³/mol. The Morgan fingerprint density at radius 2 is 1.53 bits per heavy atom. The van der Waals surface area contributed by atoms with Gasteiger partial charge in [-0.05, 0) is 25.7 Å². The second kappa shape index (κ2) is 10.8. The van der Waals surface area contributed by atoms with Gasteiger partial charge < -0.3 is 4.74 Å². The van der Waals surface area contributed by atoms with E-state index in [1.807, 2.05) is 6.08 Å². The van der Waals surface area contributed by atoms with Crippen LogP contribution in [0.15, 0.2) is 12.7 Å². The van der Waals surface area contributed by atoms with Crippen molar-refractivity contribution in [1.29, 1.82) is 0 Å². The maximum absolute atomic E-state index is 5.76. The van der Waals surface area contributed by atoms with Crippen LogP contribution < -0.4 is 0 Å². The van der Waals surface area contributed by atoms with E-state index < -0.39 is 0 Å². The van der Waals surface area contributed by atoms with Crippen LogP contribution in [-0.4, -0.2) is 13.2 Å². The Bertz CT molecular complexity index is 166. The summed E-state index contributed by atoms with van der Waals surface area (Å²) in [6, 6.07) is 0. The largest absolute Gasteiger partial charge is 0.381 e. The number of unbranched alkanes of at least 4 members (excludes halogenated alkanes) is 1. The molecule has 0 heterocycles. The van der Waals surface area contributed by atoms with Crippen LogP contribution >= 0.6 is 0 Å². The molecule has 17 heavy (non-hydrogen) atoms. The molecule has 1 saturated carbocycles. The number of hydrogen-bond acceptors (Lipinski definition) is 1. The summed E-state index contributed by atoms with van der Waals surface area (Å²) in [5.74, 6) is 1.66. The molecule has 1 heteroatoms. The van der Waals surface area contributed by atoms with Crippen LogP contribution in [-0.2, 0) is 4.74 Å². The van der Waals surface area contributed by atoms with Crippen molar-refractivity contribution in [2.45, 2.75) is 70.6 Å². The normalized spacial score (nSPS) is 20.0. The molecule has 1 aliphatic carbocycles. The molecule has 1 nitrogen and oxygen atoms in total. The Hall–Kier alpha value is -0.300. The van der Waals surface area contributed by atoms with Gasteiger partial charge in [0.2, 0.25) is 0 Å². The van der Waals surface area contributed by atoms with Gasteiger partial charge >= 0.3 is 0 Å². The van der Waals surface area contributed by atoms with Crippen LogP contribution in [0.2, 0.25) is 0 Å². The highest BCUT2D eigenvalue weighted by molar-refractivity contribution is 4.89. The van der Waals surface area contributed by atoms with Crippen molar-refractivity contribution < 1.29 is 4.74 Å². The molecule has 0 aromatic carbocycles. The van der Waals surface area contributed by atoms with Crippen molar-refractivity contribution >= 4 is 0 Å². The molecule has 0 atom stereocenters. The molecule has 1 fully saturated rings. The second-order valence-corrected chi connectivity index (χ2v) is 5.21. The minimum absolute atomic E-state index is 0.898. The molecule has 0 aliphatic heterocycles. The topological polar surface area (TPSA) is 9.23 Å². The quantitative estimate of drug-likeness (QED) is 0.463. The molecule has 0 aromatic rings. The highest BCUT2D eigenvalue weighted by Gasteiger charge is 2.10. The molecular formula is C16H29O. The lowest BCUT2D eigenvalue weighted by Crippen LogP contribution is -2.09. The van der Waals surface area contributed by atoms with E-state index in [0.29, 0.717) is 0 Å². The first-order valence-electron chi connectivity index (χ1n) is 7.45. The summed E-state index contributed by atoms with van der Waals surface area (Å²) >= 11 is 0. The van der Waals surface area contributed by atoms with E-state index in [1.165, 1.54) is 57.8 Å². The minimum Gasteiger partial charge on any atom is -0.381 e. The van der Waals surface area contributed by atoms with E-state index in [0.717, 1.165) is 26.1 Å². The van der Waals surface area contributed by atoms with Crippen molar-refractivity contribution in [3.8, 4) is 0 Å². The molecular weight excluding hydrogens is 208 g/mol. The van der Waals surface area contributed by atoms with E-state index in [-0.39, 0.29) is 0 Å². The fourth-order valence-corrected chi connectivity index (χ4v) is 2.45. The zero-order chi connectivity index (χ0) is 12.2. The zero-order valence-electron chi connectivity index (χ0n) is 11.4. The maximum atomic E-state index is 5.76. The summed E-state index contributed by atoms with van der Waals surface area (Å²) in [5, 5.41) is 0. The van der Waals surface area contributed by atoms with E-state index in [2.05, 4.69) is 6.58 Å². The van der Waals surface area contributed by atoms with Gasteiger partial charge in [-0.3, -0.25) is 0 Å². The molecule has 0 spiro atoms. The molecule has 1 aliphatic rings. The van der Waals surface area contributed by atoms with Gasteiger partial charge in [-0.2, -0.15) is 0 Å². The summed E-state index contributed by atoms with van der Waals surface area (Å²) in [7, 11) is 0. The van der Waals surface area contributed by atoms with E-state index in [9.17, 15) is 0 Å². The average molecular weight is 237 g/mol. The van der Waals surface area contributed by atoms with Crippen molar-refractivity contribution in [3.63, 3.8) is 0 Å². The van der Waals surface area contributed by atoms with Gasteiger partial charge in [0.05, 0.1) is 6.61 Å². The molecule has 1 radical (unpaired) electrons. The van der Waals surface area contributed by atoms with E-state index >= 15 is 0 Å². The Kier molecular flexibility index (Phi) is 9.40. The van der Waals surface area contributed by atoms with E-state index in [1.54, 1.807) is 5.92 Å². The summed E-state index contributed by atoms with van der Waals surface area (Å²) in [6.07, 6.45) is 16.7. The van der Waals surface area contributed by atoms with Crippen molar-refractivity contribution in [1.82, 2.24) is 0 Å². The smallest absolute Gasteiger partial charge is 0.0528 e. The Morgan fingerprint density at radius 3 is 2.12 bits per heavy atom. The first kappa shape index (κ1) is 14.8. The molecule has 99 valence electrons. The van der Waals surface area contributed by atoms with Gasteiger partial charge in [-0.1, -0.05) is 51.0 Å². The third-order valence-corrected chi connectivity index (χ3v) is 3.56. The first-order chi connectivity index (χ1) is 8.43. The van der Waals surface area contributed by atoms with Crippen LogP contribution in [0.1, 0.15) is 70.6 Å². The molecule has 0 bridgehead atoms. The van der Waals surface area contributed by atoms with Crippen molar-refractivity contribution in [3.05, 3.63) is 18.6 Å². The fraction of sp³-hybridized carbons (Fsp3) is 0.812. The maximum Gasteiger partial charge on any atom is 0.0528 e. The lowest BCUT2D eigenvalue weighted by atomic mass is 9.93. The summed E-state index contributed by atoms with van der Waals surface area (Å²) < 4.78 is 5.76. The molecule has 1 rings (SSSR count). The number of allylic oxidation sites excluding steroid dienone is 1.